The largest absolute Gasteiger partial charge is 0.404 e. The SMILES string of the molecule is Cc1cc(N=CC(=CN)CN2CCC(O)CC2)nc(C)c1C#N. The second kappa shape index (κ2) is 7.86. The summed E-state index contributed by atoms with van der Waals surface area (Å²) in [4.78, 5) is 11.0. The number of nitriles is 1. The molecule has 122 valence electrons. The fourth-order valence-corrected chi connectivity index (χ4v) is 2.67. The number of piperidine rings is 1. The molecule has 6 nitrogen and oxygen atoms in total. The Hall–Kier alpha value is -2.23. The van der Waals surface area contributed by atoms with E-state index in [4.69, 9.17) is 11.0 Å². The average molecular weight is 313 g/mol. The van der Waals surface area contributed by atoms with E-state index in [2.05, 4.69) is 20.9 Å². The van der Waals surface area contributed by atoms with Crippen molar-refractivity contribution in [2.75, 3.05) is 19.6 Å². The quantitative estimate of drug-likeness (QED) is 0.822. The number of aromatic nitrogens is 1. The maximum atomic E-state index is 9.54. The van der Waals surface area contributed by atoms with Crippen molar-refractivity contribution in [3.05, 3.63) is 34.7 Å². The van der Waals surface area contributed by atoms with E-state index in [1.165, 1.54) is 0 Å². The lowest BCUT2D eigenvalue weighted by Crippen LogP contribution is -2.37. The minimum atomic E-state index is -0.181. The molecule has 1 aromatic rings. The summed E-state index contributed by atoms with van der Waals surface area (Å²) in [5, 5.41) is 18.6. The lowest BCUT2D eigenvalue weighted by Gasteiger charge is -2.29. The first kappa shape index (κ1) is 17.1. The highest BCUT2D eigenvalue weighted by Crippen LogP contribution is 2.18. The molecule has 0 atom stereocenters. The van der Waals surface area contributed by atoms with Crippen molar-refractivity contribution in [1.82, 2.24) is 9.88 Å². The van der Waals surface area contributed by atoms with Crippen LogP contribution in [-0.2, 0) is 0 Å². The topological polar surface area (TPSA) is 98.5 Å². The van der Waals surface area contributed by atoms with Gasteiger partial charge in [0.05, 0.1) is 17.4 Å². The van der Waals surface area contributed by atoms with Gasteiger partial charge in [-0.2, -0.15) is 5.26 Å². The minimum absolute atomic E-state index is 0.181. The van der Waals surface area contributed by atoms with Gasteiger partial charge >= 0.3 is 0 Å². The fraction of sp³-hybridized carbons (Fsp3) is 0.471. The highest BCUT2D eigenvalue weighted by Gasteiger charge is 2.17. The highest BCUT2D eigenvalue weighted by atomic mass is 16.3. The fourth-order valence-electron chi connectivity index (χ4n) is 2.67. The van der Waals surface area contributed by atoms with Crippen LogP contribution in [0.5, 0.6) is 0 Å². The smallest absolute Gasteiger partial charge is 0.152 e. The summed E-state index contributed by atoms with van der Waals surface area (Å²) < 4.78 is 0. The van der Waals surface area contributed by atoms with Gasteiger partial charge in [0.15, 0.2) is 5.82 Å². The molecule has 0 saturated carbocycles. The normalized spacial score (nSPS) is 17.6. The molecule has 0 bridgehead atoms. The van der Waals surface area contributed by atoms with Crippen LogP contribution in [0.25, 0.3) is 0 Å². The maximum Gasteiger partial charge on any atom is 0.152 e. The van der Waals surface area contributed by atoms with Gasteiger partial charge in [0.2, 0.25) is 0 Å². The number of hydrogen-bond acceptors (Lipinski definition) is 6. The molecule has 3 N–H and O–H groups in total. The van der Waals surface area contributed by atoms with Gasteiger partial charge in [-0.25, -0.2) is 9.98 Å². The van der Waals surface area contributed by atoms with Crippen molar-refractivity contribution in [3.63, 3.8) is 0 Å². The molecule has 0 amide bonds. The van der Waals surface area contributed by atoms with Crippen molar-refractivity contribution < 1.29 is 5.11 Å². The summed E-state index contributed by atoms with van der Waals surface area (Å²) in [6.45, 7) is 6.12. The number of hydrogen-bond donors (Lipinski definition) is 2. The van der Waals surface area contributed by atoms with E-state index in [-0.39, 0.29) is 6.10 Å². The average Bonchev–Trinajstić information content (AvgIpc) is 2.53. The van der Waals surface area contributed by atoms with Crippen LogP contribution in [-0.4, -0.2) is 46.9 Å². The summed E-state index contributed by atoms with van der Waals surface area (Å²) in [5.74, 6) is 0.576. The molecule has 1 saturated heterocycles. The highest BCUT2D eigenvalue weighted by molar-refractivity contribution is 5.81. The van der Waals surface area contributed by atoms with Crippen LogP contribution < -0.4 is 5.73 Å². The number of aryl methyl sites for hydroxylation is 2. The van der Waals surface area contributed by atoms with Gasteiger partial charge in [-0.1, -0.05) is 0 Å². The molecule has 0 unspecified atom stereocenters. The standard InChI is InChI=1S/C17H23N5O/c1-12-7-17(21-13(2)16(12)9-19)20-10-14(8-18)11-22-5-3-15(23)4-6-22/h7-8,10,15,23H,3-6,11,18H2,1-2H3. The first-order valence-electron chi connectivity index (χ1n) is 7.77. The van der Waals surface area contributed by atoms with Gasteiger partial charge in [-0.05, 0) is 50.1 Å². The van der Waals surface area contributed by atoms with Gasteiger partial charge in [0, 0.05) is 25.8 Å². The zero-order chi connectivity index (χ0) is 16.8. The van der Waals surface area contributed by atoms with Gasteiger partial charge in [-0.3, -0.25) is 4.90 Å². The second-order valence-corrected chi connectivity index (χ2v) is 5.88. The zero-order valence-corrected chi connectivity index (χ0v) is 13.7. The van der Waals surface area contributed by atoms with Crippen LogP contribution in [0, 0.1) is 25.2 Å². The predicted molar refractivity (Wildman–Crippen MR) is 90.5 cm³/mol. The Balaban J connectivity index is 2.04. The number of likely N-dealkylation sites (tertiary alicyclic amines) is 1. The number of nitrogens with two attached hydrogens (primary N) is 1. The summed E-state index contributed by atoms with van der Waals surface area (Å²) in [6.07, 6.45) is 4.68. The van der Waals surface area contributed by atoms with E-state index in [9.17, 15) is 5.11 Å². The molecule has 0 spiro atoms. The van der Waals surface area contributed by atoms with Crippen molar-refractivity contribution in [2.24, 2.45) is 10.7 Å². The molecule has 1 aliphatic heterocycles. The summed E-state index contributed by atoms with van der Waals surface area (Å²) >= 11 is 0. The third-order valence-corrected chi connectivity index (χ3v) is 4.04. The van der Waals surface area contributed by atoms with Crippen LogP contribution in [0.4, 0.5) is 5.82 Å². The number of aliphatic imine (C=N–C) groups is 1. The van der Waals surface area contributed by atoms with Crippen LogP contribution in [0.15, 0.2) is 22.8 Å². The monoisotopic (exact) mass is 313 g/mol. The van der Waals surface area contributed by atoms with Crippen LogP contribution in [0.3, 0.4) is 0 Å². The van der Waals surface area contributed by atoms with E-state index in [1.54, 1.807) is 18.5 Å². The van der Waals surface area contributed by atoms with Crippen molar-refractivity contribution in [1.29, 1.82) is 5.26 Å². The van der Waals surface area contributed by atoms with Crippen molar-refractivity contribution in [2.45, 2.75) is 32.8 Å². The van der Waals surface area contributed by atoms with Crippen molar-refractivity contribution >= 4 is 12.0 Å². The Kier molecular flexibility index (Phi) is 5.85. The summed E-state index contributed by atoms with van der Waals surface area (Å²) in [6, 6.07) is 3.95. The van der Waals surface area contributed by atoms with Crippen LogP contribution in [0.2, 0.25) is 0 Å². The molecule has 23 heavy (non-hydrogen) atoms. The van der Waals surface area contributed by atoms with E-state index in [1.807, 2.05) is 13.8 Å². The Morgan fingerprint density at radius 2 is 2.22 bits per heavy atom. The van der Waals surface area contributed by atoms with E-state index in [0.717, 1.165) is 37.1 Å². The maximum absolute atomic E-state index is 9.54. The van der Waals surface area contributed by atoms with Crippen LogP contribution >= 0.6 is 0 Å². The molecule has 2 heterocycles. The Bertz CT molecular complexity index is 628. The predicted octanol–water partition coefficient (Wildman–Crippen LogP) is 1.57. The molecule has 0 aromatic carbocycles. The number of rotatable bonds is 4. The van der Waals surface area contributed by atoms with E-state index < -0.39 is 0 Å². The first-order valence-corrected chi connectivity index (χ1v) is 7.77. The molecule has 1 fully saturated rings. The van der Waals surface area contributed by atoms with E-state index in [0.29, 0.717) is 23.6 Å². The molecule has 1 aliphatic rings. The third kappa shape index (κ3) is 4.62. The molecular formula is C17H23N5O. The Morgan fingerprint density at radius 3 is 2.78 bits per heavy atom. The van der Waals surface area contributed by atoms with Gasteiger partial charge in [0.25, 0.3) is 0 Å². The Labute approximate surface area is 137 Å². The number of aliphatic hydroxyl groups excluding tert-OH is 1. The molecule has 1 aromatic heterocycles. The first-order chi connectivity index (χ1) is 11.0. The number of pyridine rings is 1. The molecule has 6 heteroatoms. The van der Waals surface area contributed by atoms with Crippen molar-refractivity contribution in [3.8, 4) is 6.07 Å². The third-order valence-electron chi connectivity index (χ3n) is 4.04. The van der Waals surface area contributed by atoms with E-state index >= 15 is 0 Å². The Morgan fingerprint density at radius 1 is 1.52 bits per heavy atom. The van der Waals surface area contributed by atoms with Gasteiger partial charge in [0.1, 0.15) is 6.07 Å². The summed E-state index contributed by atoms with van der Waals surface area (Å²) in [7, 11) is 0. The van der Waals surface area contributed by atoms with Crippen LogP contribution in [0.1, 0.15) is 29.7 Å². The lowest BCUT2D eigenvalue weighted by molar-refractivity contribution is 0.0875. The van der Waals surface area contributed by atoms with Gasteiger partial charge in [-0.15, -0.1) is 0 Å². The molecular weight excluding hydrogens is 290 g/mol. The minimum Gasteiger partial charge on any atom is -0.404 e. The summed E-state index contributed by atoms with van der Waals surface area (Å²) in [5.41, 5.74) is 8.76. The molecule has 0 aliphatic carbocycles. The second-order valence-electron chi connectivity index (χ2n) is 5.88. The van der Waals surface area contributed by atoms with Gasteiger partial charge < -0.3 is 10.8 Å². The molecule has 2 rings (SSSR count). The number of aliphatic hydroxyl groups is 1. The zero-order valence-electron chi connectivity index (χ0n) is 13.7. The number of nitrogens with zero attached hydrogens (tertiary/aromatic N) is 4. The lowest BCUT2D eigenvalue weighted by atomic mass is 10.1. The molecule has 0 radical (unpaired) electrons.